The van der Waals surface area contributed by atoms with Crippen LogP contribution < -0.4 is 14.8 Å². The van der Waals surface area contributed by atoms with Gasteiger partial charge in [0.25, 0.3) is 10.0 Å². The molecule has 0 unspecified atom stereocenters. The van der Waals surface area contributed by atoms with Crippen molar-refractivity contribution in [2.75, 3.05) is 11.8 Å². The second kappa shape index (κ2) is 8.30. The zero-order chi connectivity index (χ0) is 18.4. The fourth-order valence-corrected chi connectivity index (χ4v) is 4.03. The number of rotatable bonds is 8. The summed E-state index contributed by atoms with van der Waals surface area (Å²) in [4.78, 5) is 16.0. The first-order chi connectivity index (χ1) is 11.8. The van der Waals surface area contributed by atoms with Crippen molar-refractivity contribution in [1.29, 1.82) is 0 Å². The zero-order valence-electron chi connectivity index (χ0n) is 14.3. The molecule has 0 fully saturated rings. The molecule has 0 spiro atoms. The maximum absolute atomic E-state index is 12.3. The Morgan fingerprint density at radius 1 is 1.28 bits per heavy atom. The lowest BCUT2D eigenvalue weighted by Gasteiger charge is -2.07. The second-order valence-electron chi connectivity index (χ2n) is 5.65. The SMILES string of the molecule is COc1ccc(S(=O)(=O)Nc2nc(CCC(=O)NC(C)C)cs2)cc1. The molecular weight excluding hydrogens is 362 g/mol. The molecule has 1 aromatic carbocycles. The van der Waals surface area contributed by atoms with Crippen LogP contribution in [0.1, 0.15) is 26.0 Å². The van der Waals surface area contributed by atoms with Crippen LogP contribution in [0.2, 0.25) is 0 Å². The van der Waals surface area contributed by atoms with Crippen LogP contribution in [0.4, 0.5) is 5.13 Å². The van der Waals surface area contributed by atoms with Crippen LogP contribution in [0.3, 0.4) is 0 Å². The highest BCUT2D eigenvalue weighted by atomic mass is 32.2. The Morgan fingerprint density at radius 3 is 2.56 bits per heavy atom. The van der Waals surface area contributed by atoms with Gasteiger partial charge in [-0.1, -0.05) is 0 Å². The van der Waals surface area contributed by atoms with Crippen molar-refractivity contribution < 1.29 is 17.9 Å². The molecule has 1 aromatic heterocycles. The molecule has 136 valence electrons. The highest BCUT2D eigenvalue weighted by Gasteiger charge is 2.16. The summed E-state index contributed by atoms with van der Waals surface area (Å²) in [6.45, 7) is 3.79. The Balaban J connectivity index is 1.98. The molecule has 0 aliphatic heterocycles. The third kappa shape index (κ3) is 5.71. The van der Waals surface area contributed by atoms with Gasteiger partial charge in [0.1, 0.15) is 5.75 Å². The molecule has 2 N–H and O–H groups in total. The minimum absolute atomic E-state index is 0.0524. The molecule has 9 heteroatoms. The molecule has 0 aliphatic carbocycles. The van der Waals surface area contributed by atoms with Crippen molar-refractivity contribution in [3.63, 3.8) is 0 Å². The Bertz CT molecular complexity index is 814. The topological polar surface area (TPSA) is 97.4 Å². The Labute approximate surface area is 151 Å². The average molecular weight is 383 g/mol. The molecule has 1 amide bonds. The summed E-state index contributed by atoms with van der Waals surface area (Å²) in [5, 5.41) is 4.82. The van der Waals surface area contributed by atoms with Crippen LogP contribution >= 0.6 is 11.3 Å². The van der Waals surface area contributed by atoms with Crippen LogP contribution in [0.5, 0.6) is 5.75 Å². The van der Waals surface area contributed by atoms with Gasteiger partial charge in [-0.15, -0.1) is 11.3 Å². The summed E-state index contributed by atoms with van der Waals surface area (Å²) in [5.41, 5.74) is 0.677. The smallest absolute Gasteiger partial charge is 0.263 e. The third-order valence-electron chi connectivity index (χ3n) is 3.20. The minimum Gasteiger partial charge on any atom is -0.497 e. The van der Waals surface area contributed by atoms with Crippen LogP contribution in [0, 0.1) is 0 Å². The highest BCUT2D eigenvalue weighted by molar-refractivity contribution is 7.93. The summed E-state index contributed by atoms with van der Waals surface area (Å²) < 4.78 is 32.2. The lowest BCUT2D eigenvalue weighted by Crippen LogP contribution is -2.30. The van der Waals surface area contributed by atoms with Crippen LogP contribution in [0.15, 0.2) is 34.5 Å². The maximum Gasteiger partial charge on any atom is 0.263 e. The number of ether oxygens (including phenoxy) is 1. The van der Waals surface area contributed by atoms with Crippen molar-refractivity contribution in [1.82, 2.24) is 10.3 Å². The van der Waals surface area contributed by atoms with E-state index in [1.165, 1.54) is 30.6 Å². The molecule has 0 atom stereocenters. The second-order valence-corrected chi connectivity index (χ2v) is 8.19. The number of anilines is 1. The molecule has 2 rings (SSSR count). The first-order valence-electron chi connectivity index (χ1n) is 7.71. The third-order valence-corrected chi connectivity index (χ3v) is 5.49. The quantitative estimate of drug-likeness (QED) is 0.729. The molecule has 0 saturated carbocycles. The van der Waals surface area contributed by atoms with E-state index < -0.39 is 10.0 Å². The van der Waals surface area contributed by atoms with Crippen LogP contribution in [0.25, 0.3) is 0 Å². The standard InChI is InChI=1S/C16H21N3O4S2/c1-11(2)17-15(20)9-4-12-10-24-16(18-12)19-25(21,22)14-7-5-13(23-3)6-8-14/h5-8,10-11H,4,9H2,1-3H3,(H,17,20)(H,18,19). The summed E-state index contributed by atoms with van der Waals surface area (Å²) >= 11 is 1.19. The van der Waals surface area contributed by atoms with Gasteiger partial charge < -0.3 is 10.1 Å². The normalized spacial score (nSPS) is 11.4. The Morgan fingerprint density at radius 2 is 1.96 bits per heavy atom. The molecule has 7 nitrogen and oxygen atoms in total. The van der Waals surface area contributed by atoms with Gasteiger partial charge in [0, 0.05) is 17.8 Å². The first kappa shape index (κ1) is 19.2. The predicted octanol–water partition coefficient (Wildman–Crippen LogP) is 2.41. The number of nitrogens with one attached hydrogen (secondary N) is 2. The molecule has 0 bridgehead atoms. The van der Waals surface area contributed by atoms with Crippen molar-refractivity contribution in [3.05, 3.63) is 35.3 Å². The van der Waals surface area contributed by atoms with Crippen LogP contribution in [-0.4, -0.2) is 32.5 Å². The molecule has 25 heavy (non-hydrogen) atoms. The molecule has 2 aromatic rings. The fourth-order valence-electron chi connectivity index (χ4n) is 2.03. The van der Waals surface area contributed by atoms with Gasteiger partial charge in [-0.2, -0.15) is 0 Å². The van der Waals surface area contributed by atoms with E-state index >= 15 is 0 Å². The van der Waals surface area contributed by atoms with E-state index in [9.17, 15) is 13.2 Å². The molecule has 0 radical (unpaired) electrons. The number of carbonyl (C=O) groups is 1. The van der Waals surface area contributed by atoms with Gasteiger partial charge in [-0.05, 0) is 44.5 Å². The van der Waals surface area contributed by atoms with E-state index in [-0.39, 0.29) is 22.0 Å². The fraction of sp³-hybridized carbons (Fsp3) is 0.375. The van der Waals surface area contributed by atoms with Crippen LogP contribution in [-0.2, 0) is 21.2 Å². The van der Waals surface area contributed by atoms with Gasteiger partial charge in [-0.25, -0.2) is 13.4 Å². The van der Waals surface area contributed by atoms with Gasteiger partial charge in [-0.3, -0.25) is 9.52 Å². The molecular formula is C16H21N3O4S2. The minimum atomic E-state index is -3.71. The molecule has 0 aliphatic rings. The number of carbonyl (C=O) groups excluding carboxylic acids is 1. The molecule has 0 saturated heterocycles. The number of amides is 1. The van der Waals surface area contributed by atoms with E-state index in [0.717, 1.165) is 0 Å². The molecule has 1 heterocycles. The van der Waals surface area contributed by atoms with Gasteiger partial charge in [0.05, 0.1) is 17.7 Å². The van der Waals surface area contributed by atoms with E-state index in [1.807, 2.05) is 13.8 Å². The van der Waals surface area contributed by atoms with Crippen molar-refractivity contribution in [2.24, 2.45) is 0 Å². The number of sulfonamides is 1. The number of hydrogen-bond donors (Lipinski definition) is 2. The number of hydrogen-bond acceptors (Lipinski definition) is 6. The van der Waals surface area contributed by atoms with Gasteiger partial charge in [0.2, 0.25) is 5.91 Å². The number of aromatic nitrogens is 1. The zero-order valence-corrected chi connectivity index (χ0v) is 15.9. The van der Waals surface area contributed by atoms with E-state index in [2.05, 4.69) is 15.0 Å². The van der Waals surface area contributed by atoms with Gasteiger partial charge in [0.15, 0.2) is 5.13 Å². The largest absolute Gasteiger partial charge is 0.497 e. The Hall–Kier alpha value is -2.13. The lowest BCUT2D eigenvalue weighted by atomic mass is 10.2. The van der Waals surface area contributed by atoms with E-state index in [0.29, 0.717) is 24.3 Å². The maximum atomic E-state index is 12.3. The number of nitrogens with zero attached hydrogens (tertiary/aromatic N) is 1. The summed E-state index contributed by atoms with van der Waals surface area (Å²) in [5.74, 6) is 0.526. The van der Waals surface area contributed by atoms with E-state index in [1.54, 1.807) is 17.5 Å². The summed E-state index contributed by atoms with van der Waals surface area (Å²) in [6.07, 6.45) is 0.770. The number of aryl methyl sites for hydroxylation is 1. The number of thiazole rings is 1. The average Bonchev–Trinajstić information content (AvgIpc) is 2.99. The van der Waals surface area contributed by atoms with Crippen molar-refractivity contribution in [2.45, 2.75) is 37.6 Å². The van der Waals surface area contributed by atoms with Crippen molar-refractivity contribution >= 4 is 32.4 Å². The van der Waals surface area contributed by atoms with E-state index in [4.69, 9.17) is 4.74 Å². The number of benzene rings is 1. The monoisotopic (exact) mass is 383 g/mol. The number of methoxy groups -OCH3 is 1. The van der Waals surface area contributed by atoms with Crippen molar-refractivity contribution in [3.8, 4) is 5.75 Å². The predicted molar refractivity (Wildman–Crippen MR) is 97.5 cm³/mol. The summed E-state index contributed by atoms with van der Waals surface area (Å²) in [7, 11) is -2.19. The highest BCUT2D eigenvalue weighted by Crippen LogP contribution is 2.22. The lowest BCUT2D eigenvalue weighted by molar-refractivity contribution is -0.121. The van der Waals surface area contributed by atoms with Gasteiger partial charge >= 0.3 is 0 Å². The summed E-state index contributed by atoms with van der Waals surface area (Å²) in [6, 6.07) is 6.18. The Kier molecular flexibility index (Phi) is 6.38. The first-order valence-corrected chi connectivity index (χ1v) is 10.1.